The molecule has 0 bridgehead atoms. The van der Waals surface area contributed by atoms with Gasteiger partial charge in [-0.1, -0.05) is 6.07 Å². The average Bonchev–Trinajstić information content (AvgIpc) is 2.41. The highest BCUT2D eigenvalue weighted by Crippen LogP contribution is 2.27. The molecule has 0 aliphatic heterocycles. The molecule has 2 aromatic rings. The van der Waals surface area contributed by atoms with Crippen molar-refractivity contribution in [2.24, 2.45) is 5.84 Å². The largest absolute Gasteiger partial charge is 0.438 e. The Balaban J connectivity index is 2.31. The number of non-ortho nitro benzene ring substituents is 1. The molecule has 0 amide bonds. The molecule has 0 aliphatic carbocycles. The van der Waals surface area contributed by atoms with E-state index in [1.807, 2.05) is 0 Å². The van der Waals surface area contributed by atoms with Gasteiger partial charge in [0, 0.05) is 6.07 Å². The third-order valence-electron chi connectivity index (χ3n) is 2.42. The van der Waals surface area contributed by atoms with Gasteiger partial charge in [-0.15, -0.1) is 0 Å². The maximum Gasteiger partial charge on any atom is 0.273 e. The fourth-order valence-corrected chi connectivity index (χ4v) is 1.45. The van der Waals surface area contributed by atoms with Crippen molar-refractivity contribution < 1.29 is 9.66 Å². The highest BCUT2D eigenvalue weighted by molar-refractivity contribution is 5.48. The number of nitrogens with zero attached hydrogens (tertiary/aromatic N) is 3. The van der Waals surface area contributed by atoms with Crippen molar-refractivity contribution in [1.29, 1.82) is 0 Å². The van der Waals surface area contributed by atoms with Gasteiger partial charge in [-0.3, -0.25) is 10.1 Å². The van der Waals surface area contributed by atoms with Crippen molar-refractivity contribution in [1.82, 2.24) is 9.97 Å². The number of hydrogen-bond acceptors (Lipinski definition) is 7. The first kappa shape index (κ1) is 12.7. The Kier molecular flexibility index (Phi) is 3.53. The van der Waals surface area contributed by atoms with Crippen LogP contribution in [-0.2, 0) is 0 Å². The van der Waals surface area contributed by atoms with Crippen LogP contribution in [0, 0.1) is 17.0 Å². The van der Waals surface area contributed by atoms with Crippen LogP contribution in [0.3, 0.4) is 0 Å². The van der Waals surface area contributed by atoms with Gasteiger partial charge in [0.15, 0.2) is 0 Å². The average molecular weight is 261 g/mol. The molecule has 0 spiro atoms. The molecule has 19 heavy (non-hydrogen) atoms. The number of hydrazine groups is 1. The molecule has 1 heterocycles. The fourth-order valence-electron chi connectivity index (χ4n) is 1.45. The summed E-state index contributed by atoms with van der Waals surface area (Å²) < 4.78 is 5.49. The van der Waals surface area contributed by atoms with Gasteiger partial charge in [0.05, 0.1) is 16.6 Å². The van der Waals surface area contributed by atoms with Gasteiger partial charge in [0.1, 0.15) is 17.9 Å². The monoisotopic (exact) mass is 261 g/mol. The summed E-state index contributed by atoms with van der Waals surface area (Å²) >= 11 is 0. The molecular formula is C11H11N5O3. The lowest BCUT2D eigenvalue weighted by molar-refractivity contribution is -0.384. The van der Waals surface area contributed by atoms with Crippen LogP contribution in [0.1, 0.15) is 5.56 Å². The van der Waals surface area contributed by atoms with E-state index in [4.69, 9.17) is 10.6 Å². The summed E-state index contributed by atoms with van der Waals surface area (Å²) in [6, 6.07) is 5.83. The number of rotatable bonds is 4. The maximum atomic E-state index is 10.7. The lowest BCUT2D eigenvalue weighted by Crippen LogP contribution is -2.11. The number of nitrogens with two attached hydrogens (primary N) is 1. The van der Waals surface area contributed by atoms with Crippen LogP contribution in [-0.4, -0.2) is 14.9 Å². The molecule has 0 atom stereocenters. The Bertz CT molecular complexity index is 617. The molecule has 0 saturated heterocycles. The third-order valence-corrected chi connectivity index (χ3v) is 2.42. The predicted molar refractivity (Wildman–Crippen MR) is 67.7 cm³/mol. The Labute approximate surface area is 108 Å². The first-order valence-corrected chi connectivity index (χ1v) is 5.32. The van der Waals surface area contributed by atoms with Gasteiger partial charge in [0.25, 0.3) is 5.69 Å². The molecule has 0 saturated carbocycles. The maximum absolute atomic E-state index is 10.7. The van der Waals surface area contributed by atoms with Crippen LogP contribution in [0.25, 0.3) is 0 Å². The standard InChI is InChI=1S/C11H11N5O3/c1-7-10(15-12)13-6-14-11(7)19-9-4-2-3-8(5-9)16(17)18/h2-6H,12H2,1H3,(H,13,14,15). The topological polar surface area (TPSA) is 116 Å². The lowest BCUT2D eigenvalue weighted by atomic mass is 10.3. The second-order valence-electron chi connectivity index (χ2n) is 3.65. The molecule has 0 fully saturated rings. The lowest BCUT2D eigenvalue weighted by Gasteiger charge is -2.09. The number of ether oxygens (including phenoxy) is 1. The third kappa shape index (κ3) is 2.75. The molecule has 8 heteroatoms. The van der Waals surface area contributed by atoms with Crippen LogP contribution in [0.2, 0.25) is 0 Å². The minimum absolute atomic E-state index is 0.0543. The molecule has 2 rings (SSSR count). The SMILES string of the molecule is Cc1c(NN)ncnc1Oc1cccc([N+](=O)[O-])c1. The van der Waals surface area contributed by atoms with Gasteiger partial charge in [-0.25, -0.2) is 15.8 Å². The quantitative estimate of drug-likeness (QED) is 0.489. The molecule has 3 N–H and O–H groups in total. The number of nitrogens with one attached hydrogen (secondary N) is 1. The molecule has 0 radical (unpaired) electrons. The summed E-state index contributed by atoms with van der Waals surface area (Å²) in [5.74, 6) is 6.32. The van der Waals surface area contributed by atoms with Crippen molar-refractivity contribution in [3.8, 4) is 11.6 Å². The van der Waals surface area contributed by atoms with Crippen LogP contribution < -0.4 is 16.0 Å². The molecule has 8 nitrogen and oxygen atoms in total. The van der Waals surface area contributed by atoms with Crippen LogP contribution in [0.5, 0.6) is 11.6 Å². The summed E-state index contributed by atoms with van der Waals surface area (Å²) in [5.41, 5.74) is 2.97. The fraction of sp³-hybridized carbons (Fsp3) is 0.0909. The zero-order valence-electron chi connectivity index (χ0n) is 10.0. The van der Waals surface area contributed by atoms with Crippen LogP contribution in [0.15, 0.2) is 30.6 Å². The number of hydrogen-bond donors (Lipinski definition) is 2. The normalized spacial score (nSPS) is 10.0. The number of nitro benzene ring substituents is 1. The van der Waals surface area contributed by atoms with Crippen LogP contribution >= 0.6 is 0 Å². The van der Waals surface area contributed by atoms with E-state index in [1.54, 1.807) is 13.0 Å². The number of nitrogen functional groups attached to an aromatic ring is 1. The molecule has 1 aromatic carbocycles. The Morgan fingerprint density at radius 3 is 2.89 bits per heavy atom. The van der Waals surface area contributed by atoms with E-state index in [-0.39, 0.29) is 11.6 Å². The molecular weight excluding hydrogens is 250 g/mol. The van der Waals surface area contributed by atoms with Crippen molar-refractivity contribution >= 4 is 11.5 Å². The summed E-state index contributed by atoms with van der Waals surface area (Å²) in [5, 5.41) is 10.7. The van der Waals surface area contributed by atoms with E-state index >= 15 is 0 Å². The first-order chi connectivity index (χ1) is 9.11. The second-order valence-corrected chi connectivity index (χ2v) is 3.65. The molecule has 1 aromatic heterocycles. The van der Waals surface area contributed by atoms with Crippen molar-refractivity contribution in [3.63, 3.8) is 0 Å². The first-order valence-electron chi connectivity index (χ1n) is 5.32. The zero-order chi connectivity index (χ0) is 13.8. The van der Waals surface area contributed by atoms with Crippen molar-refractivity contribution in [2.45, 2.75) is 6.92 Å². The summed E-state index contributed by atoms with van der Waals surface area (Å²) in [7, 11) is 0. The number of anilines is 1. The summed E-state index contributed by atoms with van der Waals surface area (Å²) in [4.78, 5) is 18.0. The van der Waals surface area contributed by atoms with Gasteiger partial charge in [0.2, 0.25) is 5.88 Å². The number of aromatic nitrogens is 2. The van der Waals surface area contributed by atoms with Gasteiger partial charge < -0.3 is 10.2 Å². The Morgan fingerprint density at radius 1 is 1.42 bits per heavy atom. The van der Waals surface area contributed by atoms with Gasteiger partial charge in [-0.2, -0.15) is 0 Å². The minimum atomic E-state index is -0.493. The number of nitro groups is 1. The number of benzene rings is 1. The summed E-state index contributed by atoms with van der Waals surface area (Å²) in [6.45, 7) is 1.72. The van der Waals surface area contributed by atoms with E-state index in [9.17, 15) is 10.1 Å². The zero-order valence-corrected chi connectivity index (χ0v) is 10.0. The van der Waals surface area contributed by atoms with E-state index in [0.717, 1.165) is 0 Å². The van der Waals surface area contributed by atoms with E-state index in [1.165, 1.54) is 24.5 Å². The minimum Gasteiger partial charge on any atom is -0.438 e. The van der Waals surface area contributed by atoms with Gasteiger partial charge >= 0.3 is 0 Å². The van der Waals surface area contributed by atoms with E-state index in [0.29, 0.717) is 17.1 Å². The second kappa shape index (κ2) is 5.27. The Hall–Kier alpha value is -2.74. The van der Waals surface area contributed by atoms with Crippen molar-refractivity contribution in [3.05, 3.63) is 46.3 Å². The molecule has 0 aliphatic rings. The Morgan fingerprint density at radius 2 is 2.21 bits per heavy atom. The highest BCUT2D eigenvalue weighted by Gasteiger charge is 2.11. The van der Waals surface area contributed by atoms with Crippen LogP contribution in [0.4, 0.5) is 11.5 Å². The predicted octanol–water partition coefficient (Wildman–Crippen LogP) is 1.77. The molecule has 98 valence electrons. The summed E-state index contributed by atoms with van der Waals surface area (Å²) in [6.07, 6.45) is 1.29. The van der Waals surface area contributed by atoms with E-state index < -0.39 is 4.92 Å². The van der Waals surface area contributed by atoms with Gasteiger partial charge in [-0.05, 0) is 13.0 Å². The van der Waals surface area contributed by atoms with E-state index in [2.05, 4.69) is 15.4 Å². The van der Waals surface area contributed by atoms with Crippen molar-refractivity contribution in [2.75, 3.05) is 5.43 Å². The molecule has 0 unspecified atom stereocenters. The smallest absolute Gasteiger partial charge is 0.273 e. The highest BCUT2D eigenvalue weighted by atomic mass is 16.6.